The van der Waals surface area contributed by atoms with Crippen LogP contribution in [0.15, 0.2) is 48.9 Å². The average molecular weight is 385 g/mol. The summed E-state index contributed by atoms with van der Waals surface area (Å²) < 4.78 is 0. The topological polar surface area (TPSA) is 72.5 Å². The van der Waals surface area contributed by atoms with Crippen LogP contribution in [0.25, 0.3) is 10.9 Å². The number of fused-ring (bicyclic) bond motifs is 1. The third-order valence-corrected chi connectivity index (χ3v) is 5.37. The molecule has 0 unspecified atom stereocenters. The van der Waals surface area contributed by atoms with Crippen molar-refractivity contribution in [2.24, 2.45) is 0 Å². The maximum Gasteiger partial charge on any atom is 0.325 e. The van der Waals surface area contributed by atoms with Crippen LogP contribution in [0.4, 0.5) is 0 Å². The van der Waals surface area contributed by atoms with Crippen molar-refractivity contribution < 1.29 is 9.90 Å². The first kappa shape index (κ1) is 18.0. The minimum absolute atomic E-state index is 0.606. The van der Waals surface area contributed by atoms with Crippen LogP contribution in [0.2, 0.25) is 5.02 Å². The van der Waals surface area contributed by atoms with Crippen molar-refractivity contribution in [3.8, 4) is 0 Å². The fourth-order valence-corrected chi connectivity index (χ4v) is 3.92. The number of hydrogen-bond donors (Lipinski definition) is 2. The molecule has 0 saturated carbocycles. The van der Waals surface area contributed by atoms with Gasteiger partial charge in [-0.1, -0.05) is 11.6 Å². The Labute approximate surface area is 162 Å². The van der Waals surface area contributed by atoms with E-state index >= 15 is 0 Å². The summed E-state index contributed by atoms with van der Waals surface area (Å²) in [6, 6.07) is 8.87. The molecule has 3 aromatic rings. The second-order valence-corrected chi connectivity index (χ2v) is 7.28. The number of aliphatic carboxylic acids is 1. The second-order valence-electron chi connectivity index (χ2n) is 6.84. The summed E-state index contributed by atoms with van der Waals surface area (Å²) in [6.07, 6.45) is 5.39. The van der Waals surface area contributed by atoms with Crippen LogP contribution in [-0.4, -0.2) is 57.0 Å². The number of benzene rings is 1. The molecule has 1 aromatic carbocycles. The van der Waals surface area contributed by atoms with Crippen LogP contribution in [0, 0.1) is 0 Å². The molecule has 1 saturated heterocycles. The van der Waals surface area contributed by atoms with Gasteiger partial charge >= 0.3 is 5.97 Å². The quantitative estimate of drug-likeness (QED) is 0.707. The number of piperazine rings is 1. The van der Waals surface area contributed by atoms with Crippen LogP contribution in [0.1, 0.15) is 17.2 Å². The Bertz CT molecular complexity index is 936. The molecule has 0 bridgehead atoms. The first-order valence-electron chi connectivity index (χ1n) is 8.96. The van der Waals surface area contributed by atoms with E-state index in [0.29, 0.717) is 18.1 Å². The van der Waals surface area contributed by atoms with Crippen LogP contribution in [0.3, 0.4) is 0 Å². The first-order chi connectivity index (χ1) is 13.1. The number of aromatic nitrogens is 2. The molecule has 1 aliphatic heterocycles. The minimum atomic E-state index is -0.835. The summed E-state index contributed by atoms with van der Waals surface area (Å²) in [5.74, 6) is -0.835. The normalized spacial score (nSPS) is 17.2. The van der Waals surface area contributed by atoms with Crippen molar-refractivity contribution >= 4 is 28.5 Å². The van der Waals surface area contributed by atoms with Gasteiger partial charge in [-0.25, -0.2) is 0 Å². The van der Waals surface area contributed by atoms with Gasteiger partial charge in [0.1, 0.15) is 6.04 Å². The zero-order chi connectivity index (χ0) is 18.8. The van der Waals surface area contributed by atoms with Gasteiger partial charge in [0.15, 0.2) is 0 Å². The van der Waals surface area contributed by atoms with Gasteiger partial charge in [0.25, 0.3) is 0 Å². The van der Waals surface area contributed by atoms with Gasteiger partial charge in [0.2, 0.25) is 0 Å². The number of hydrogen-bond acceptors (Lipinski definition) is 4. The molecular weight excluding hydrogens is 364 g/mol. The Hall–Kier alpha value is -2.41. The van der Waals surface area contributed by atoms with Crippen molar-refractivity contribution in [2.75, 3.05) is 26.2 Å². The van der Waals surface area contributed by atoms with Gasteiger partial charge in [0.05, 0.1) is 0 Å². The highest BCUT2D eigenvalue weighted by Crippen LogP contribution is 2.31. The fraction of sp³-hybridized carbons (Fsp3) is 0.300. The lowest BCUT2D eigenvalue weighted by atomic mass is 10.0. The standard InChI is InChI=1S/C20H21ClN4O2/c21-15-1-2-18-16(11-15)17(12-23-18)19(20(26)27)25-9-7-24(8-10-25)13-14-3-5-22-6-4-14/h1-6,11-12,19,23H,7-10,13H2,(H,26,27)/t19-/m1/s1. The number of H-pyrrole nitrogens is 1. The molecule has 0 amide bonds. The van der Waals surface area contributed by atoms with E-state index in [2.05, 4.69) is 14.9 Å². The van der Waals surface area contributed by atoms with E-state index in [4.69, 9.17) is 11.6 Å². The predicted molar refractivity (Wildman–Crippen MR) is 105 cm³/mol. The molecule has 1 atom stereocenters. The zero-order valence-electron chi connectivity index (χ0n) is 14.8. The summed E-state index contributed by atoms with van der Waals surface area (Å²) >= 11 is 6.13. The molecule has 3 heterocycles. The Morgan fingerprint density at radius 2 is 1.93 bits per heavy atom. The maximum absolute atomic E-state index is 12.1. The highest BCUT2D eigenvalue weighted by Gasteiger charge is 2.32. The molecule has 6 nitrogen and oxygen atoms in total. The third-order valence-electron chi connectivity index (χ3n) is 5.13. The summed E-state index contributed by atoms with van der Waals surface area (Å²) in [4.78, 5) is 23.7. The second kappa shape index (κ2) is 7.68. The van der Waals surface area contributed by atoms with E-state index in [0.717, 1.165) is 36.1 Å². The summed E-state index contributed by atoms with van der Waals surface area (Å²) in [5, 5.41) is 11.4. The number of carboxylic acid groups (broad SMARTS) is 1. The van der Waals surface area contributed by atoms with Crippen LogP contribution >= 0.6 is 11.6 Å². The summed E-state index contributed by atoms with van der Waals surface area (Å²) in [5.41, 5.74) is 2.89. The number of pyridine rings is 1. The van der Waals surface area contributed by atoms with Crippen LogP contribution in [0.5, 0.6) is 0 Å². The molecule has 0 aliphatic carbocycles. The number of nitrogens with zero attached hydrogens (tertiary/aromatic N) is 3. The van der Waals surface area contributed by atoms with Crippen molar-refractivity contribution in [2.45, 2.75) is 12.6 Å². The Morgan fingerprint density at radius 3 is 2.63 bits per heavy atom. The summed E-state index contributed by atoms with van der Waals surface area (Å²) in [7, 11) is 0. The van der Waals surface area contributed by atoms with Gasteiger partial charge in [-0.05, 0) is 35.9 Å². The molecule has 1 aliphatic rings. The lowest BCUT2D eigenvalue weighted by Gasteiger charge is -2.37. The molecule has 4 rings (SSSR count). The fourth-order valence-electron chi connectivity index (χ4n) is 3.75. The smallest absolute Gasteiger partial charge is 0.325 e. The molecule has 1 fully saturated rings. The summed E-state index contributed by atoms with van der Waals surface area (Å²) in [6.45, 7) is 3.92. The minimum Gasteiger partial charge on any atom is -0.480 e. The van der Waals surface area contributed by atoms with Crippen LogP contribution < -0.4 is 0 Å². The predicted octanol–water partition coefficient (Wildman–Crippen LogP) is 3.16. The lowest BCUT2D eigenvalue weighted by molar-refractivity contribution is -0.144. The Balaban J connectivity index is 1.50. The van der Waals surface area contributed by atoms with Gasteiger partial charge in [-0.3, -0.25) is 19.6 Å². The van der Waals surface area contributed by atoms with E-state index in [9.17, 15) is 9.90 Å². The Kier molecular flexibility index (Phi) is 5.11. The van der Waals surface area contributed by atoms with Crippen molar-refractivity contribution in [1.29, 1.82) is 0 Å². The van der Waals surface area contributed by atoms with Gasteiger partial charge in [-0.2, -0.15) is 0 Å². The average Bonchev–Trinajstić information content (AvgIpc) is 3.07. The van der Waals surface area contributed by atoms with E-state index in [1.165, 1.54) is 5.56 Å². The van der Waals surface area contributed by atoms with Crippen molar-refractivity contribution in [3.63, 3.8) is 0 Å². The number of nitrogens with one attached hydrogen (secondary N) is 1. The van der Waals surface area contributed by atoms with Crippen molar-refractivity contribution in [1.82, 2.24) is 19.8 Å². The highest BCUT2D eigenvalue weighted by molar-refractivity contribution is 6.31. The zero-order valence-corrected chi connectivity index (χ0v) is 15.6. The number of carboxylic acids is 1. The van der Waals surface area contributed by atoms with Gasteiger partial charge < -0.3 is 10.1 Å². The van der Waals surface area contributed by atoms with E-state index in [1.54, 1.807) is 24.7 Å². The third kappa shape index (κ3) is 3.83. The van der Waals surface area contributed by atoms with Crippen LogP contribution in [-0.2, 0) is 11.3 Å². The molecule has 0 radical (unpaired) electrons. The van der Waals surface area contributed by atoms with Gasteiger partial charge in [0, 0.05) is 72.8 Å². The van der Waals surface area contributed by atoms with Crippen molar-refractivity contribution in [3.05, 3.63) is 65.1 Å². The molecular formula is C20H21ClN4O2. The maximum atomic E-state index is 12.1. The van der Waals surface area contributed by atoms with E-state index < -0.39 is 12.0 Å². The molecule has 7 heteroatoms. The first-order valence-corrected chi connectivity index (χ1v) is 9.34. The molecule has 0 spiro atoms. The number of carbonyl (C=O) groups is 1. The van der Waals surface area contributed by atoms with E-state index in [1.807, 2.05) is 29.2 Å². The highest BCUT2D eigenvalue weighted by atomic mass is 35.5. The largest absolute Gasteiger partial charge is 0.480 e. The molecule has 27 heavy (non-hydrogen) atoms. The Morgan fingerprint density at radius 1 is 1.19 bits per heavy atom. The van der Waals surface area contributed by atoms with E-state index in [-0.39, 0.29) is 0 Å². The number of rotatable bonds is 5. The molecule has 2 aromatic heterocycles. The monoisotopic (exact) mass is 384 g/mol. The number of aromatic amines is 1. The lowest BCUT2D eigenvalue weighted by Crippen LogP contribution is -2.48. The van der Waals surface area contributed by atoms with Gasteiger partial charge in [-0.15, -0.1) is 0 Å². The molecule has 2 N–H and O–H groups in total. The SMILES string of the molecule is O=C(O)[C@@H](c1c[nH]c2ccc(Cl)cc12)N1CCN(Cc2ccncc2)CC1. The number of halogens is 1. The molecule has 140 valence electrons.